The van der Waals surface area contributed by atoms with Crippen LogP contribution in [-0.4, -0.2) is 45.0 Å². The van der Waals surface area contributed by atoms with E-state index < -0.39 is 10.0 Å². The van der Waals surface area contributed by atoms with Gasteiger partial charge in [0.2, 0.25) is 10.0 Å². The van der Waals surface area contributed by atoms with Gasteiger partial charge in [0.15, 0.2) is 0 Å². The number of hydrogen-bond donors (Lipinski definition) is 1. The lowest BCUT2D eigenvalue weighted by atomic mass is 10.2. The average molecular weight is 413 g/mol. The Bertz CT molecular complexity index is 870. The summed E-state index contributed by atoms with van der Waals surface area (Å²) in [5.74, 6) is 1.21. The van der Waals surface area contributed by atoms with E-state index >= 15 is 0 Å². The number of halogens is 1. The van der Waals surface area contributed by atoms with Gasteiger partial charge in [-0.1, -0.05) is 35.9 Å². The Hall–Kier alpha value is -1.54. The predicted octanol–water partition coefficient (Wildman–Crippen LogP) is 3.25. The smallest absolute Gasteiger partial charge is 0.251 e. The normalized spacial score (nSPS) is 11.5. The summed E-state index contributed by atoms with van der Waals surface area (Å²) in [5, 5.41) is 3.55. The molecule has 5 nitrogen and oxygen atoms in total. The minimum Gasteiger partial charge on any atom is -0.351 e. The van der Waals surface area contributed by atoms with Crippen molar-refractivity contribution in [3.05, 3.63) is 64.7 Å². The van der Waals surface area contributed by atoms with Crippen LogP contribution in [0.15, 0.2) is 53.4 Å². The fraction of sp³-hybridized carbons (Fsp3) is 0.278. The summed E-state index contributed by atoms with van der Waals surface area (Å²) < 4.78 is 25.4. The first kappa shape index (κ1) is 20.8. The van der Waals surface area contributed by atoms with Crippen molar-refractivity contribution in [2.24, 2.45) is 0 Å². The summed E-state index contributed by atoms with van der Waals surface area (Å²) in [5.41, 5.74) is 1.39. The maximum absolute atomic E-state index is 12.2. The maximum Gasteiger partial charge on any atom is 0.251 e. The third kappa shape index (κ3) is 5.48. The van der Waals surface area contributed by atoms with Crippen LogP contribution in [-0.2, 0) is 15.8 Å². The van der Waals surface area contributed by atoms with Gasteiger partial charge in [0.1, 0.15) is 0 Å². The first-order chi connectivity index (χ1) is 12.3. The highest BCUT2D eigenvalue weighted by atomic mass is 35.5. The molecule has 0 aliphatic rings. The molecule has 0 saturated heterocycles. The summed E-state index contributed by atoms with van der Waals surface area (Å²) in [6.07, 6.45) is 0. The van der Waals surface area contributed by atoms with Crippen LogP contribution in [0.5, 0.6) is 0 Å². The second-order valence-electron chi connectivity index (χ2n) is 5.72. The number of benzene rings is 2. The van der Waals surface area contributed by atoms with Gasteiger partial charge in [-0.25, -0.2) is 12.7 Å². The summed E-state index contributed by atoms with van der Waals surface area (Å²) in [6, 6.07) is 13.7. The van der Waals surface area contributed by atoms with Gasteiger partial charge in [-0.15, -0.1) is 0 Å². The van der Waals surface area contributed by atoms with E-state index in [0.717, 1.165) is 26.4 Å². The molecule has 2 aromatic rings. The van der Waals surface area contributed by atoms with Gasteiger partial charge >= 0.3 is 0 Å². The molecule has 0 aliphatic carbocycles. The van der Waals surface area contributed by atoms with Gasteiger partial charge in [0, 0.05) is 42.7 Å². The molecule has 0 aliphatic heterocycles. The van der Waals surface area contributed by atoms with Crippen molar-refractivity contribution < 1.29 is 13.2 Å². The van der Waals surface area contributed by atoms with E-state index in [2.05, 4.69) is 5.32 Å². The Kier molecular flexibility index (Phi) is 7.52. The predicted molar refractivity (Wildman–Crippen MR) is 107 cm³/mol. The molecule has 0 bridgehead atoms. The molecule has 0 fully saturated rings. The van der Waals surface area contributed by atoms with Crippen LogP contribution in [0.25, 0.3) is 0 Å². The number of thioether (sulfide) groups is 1. The number of carbonyl (C=O) groups is 1. The topological polar surface area (TPSA) is 66.5 Å². The first-order valence-electron chi connectivity index (χ1n) is 7.94. The Morgan fingerprint density at radius 3 is 2.58 bits per heavy atom. The molecule has 0 heterocycles. The van der Waals surface area contributed by atoms with Crippen molar-refractivity contribution in [2.75, 3.05) is 26.4 Å². The second kappa shape index (κ2) is 9.41. The van der Waals surface area contributed by atoms with Gasteiger partial charge in [0.05, 0.1) is 4.90 Å². The van der Waals surface area contributed by atoms with Crippen molar-refractivity contribution in [2.45, 2.75) is 10.6 Å². The fourth-order valence-electron chi connectivity index (χ4n) is 2.14. The van der Waals surface area contributed by atoms with E-state index in [9.17, 15) is 13.2 Å². The van der Waals surface area contributed by atoms with Crippen LogP contribution in [0.2, 0.25) is 5.02 Å². The largest absolute Gasteiger partial charge is 0.351 e. The van der Waals surface area contributed by atoms with Crippen LogP contribution in [0.3, 0.4) is 0 Å². The highest BCUT2D eigenvalue weighted by Crippen LogP contribution is 2.20. The van der Waals surface area contributed by atoms with Crippen molar-refractivity contribution in [3.8, 4) is 0 Å². The zero-order valence-corrected chi connectivity index (χ0v) is 17.0. The number of nitrogens with zero attached hydrogens (tertiary/aromatic N) is 1. The van der Waals surface area contributed by atoms with Gasteiger partial charge in [-0.3, -0.25) is 4.79 Å². The maximum atomic E-state index is 12.2. The van der Waals surface area contributed by atoms with Crippen molar-refractivity contribution in [1.82, 2.24) is 9.62 Å². The van der Waals surface area contributed by atoms with E-state index in [1.807, 2.05) is 24.3 Å². The summed E-state index contributed by atoms with van der Waals surface area (Å²) in [4.78, 5) is 12.3. The monoisotopic (exact) mass is 412 g/mol. The summed E-state index contributed by atoms with van der Waals surface area (Å²) in [7, 11) is -0.647. The number of carbonyl (C=O) groups excluding carboxylic acids is 1. The van der Waals surface area contributed by atoms with Crippen LogP contribution in [0.4, 0.5) is 0 Å². The molecule has 0 atom stereocenters. The molecule has 8 heteroatoms. The van der Waals surface area contributed by atoms with E-state index in [0.29, 0.717) is 12.1 Å². The van der Waals surface area contributed by atoms with Crippen LogP contribution in [0.1, 0.15) is 15.9 Å². The zero-order valence-electron chi connectivity index (χ0n) is 14.6. The van der Waals surface area contributed by atoms with Gasteiger partial charge < -0.3 is 5.32 Å². The quantitative estimate of drug-likeness (QED) is 0.676. The Balaban J connectivity index is 1.86. The Labute approximate surface area is 163 Å². The molecule has 140 valence electrons. The molecule has 0 spiro atoms. The molecule has 26 heavy (non-hydrogen) atoms. The molecule has 1 N–H and O–H groups in total. The van der Waals surface area contributed by atoms with Crippen LogP contribution < -0.4 is 5.32 Å². The third-order valence-electron chi connectivity index (χ3n) is 3.62. The van der Waals surface area contributed by atoms with Crippen molar-refractivity contribution in [1.29, 1.82) is 0 Å². The lowest BCUT2D eigenvalue weighted by molar-refractivity contribution is 0.0956. The molecule has 0 aromatic heterocycles. The van der Waals surface area contributed by atoms with Crippen molar-refractivity contribution in [3.63, 3.8) is 0 Å². The zero-order chi connectivity index (χ0) is 19.2. The standard InChI is InChI=1S/C18H21ClN2O3S2/c1-21(2)26(23,24)16-8-5-7-14(12-16)18(22)20-10-11-25-13-15-6-3-4-9-17(15)19/h3-9,12H,10-11,13H2,1-2H3,(H,20,22). The molecule has 1 amide bonds. The van der Waals surface area contributed by atoms with E-state index in [-0.39, 0.29) is 10.8 Å². The molecular formula is C18H21ClN2O3S2. The van der Waals surface area contributed by atoms with E-state index in [1.54, 1.807) is 23.9 Å². The Morgan fingerprint density at radius 2 is 1.88 bits per heavy atom. The molecule has 0 unspecified atom stereocenters. The van der Waals surface area contributed by atoms with Gasteiger partial charge in [-0.05, 0) is 29.8 Å². The fourth-order valence-corrected chi connectivity index (χ4v) is 4.24. The van der Waals surface area contributed by atoms with E-state index in [1.165, 1.54) is 26.2 Å². The van der Waals surface area contributed by atoms with E-state index in [4.69, 9.17) is 11.6 Å². The Morgan fingerprint density at radius 1 is 1.15 bits per heavy atom. The number of hydrogen-bond acceptors (Lipinski definition) is 4. The number of sulfonamides is 1. The first-order valence-corrected chi connectivity index (χ1v) is 10.9. The lowest BCUT2D eigenvalue weighted by Gasteiger charge is -2.12. The minimum absolute atomic E-state index is 0.100. The molecule has 2 aromatic carbocycles. The van der Waals surface area contributed by atoms with Crippen molar-refractivity contribution >= 4 is 39.3 Å². The highest BCUT2D eigenvalue weighted by molar-refractivity contribution is 7.98. The van der Waals surface area contributed by atoms with Crippen LogP contribution >= 0.6 is 23.4 Å². The van der Waals surface area contributed by atoms with Crippen LogP contribution in [0, 0.1) is 0 Å². The molecule has 0 radical (unpaired) electrons. The number of rotatable bonds is 8. The van der Waals surface area contributed by atoms with Gasteiger partial charge in [0.25, 0.3) is 5.91 Å². The number of amides is 1. The summed E-state index contributed by atoms with van der Waals surface area (Å²) >= 11 is 7.77. The summed E-state index contributed by atoms with van der Waals surface area (Å²) in [6.45, 7) is 0.485. The minimum atomic E-state index is -3.56. The molecule has 0 saturated carbocycles. The molecular weight excluding hydrogens is 392 g/mol. The number of nitrogens with one attached hydrogen (secondary N) is 1. The van der Waals surface area contributed by atoms with Gasteiger partial charge in [-0.2, -0.15) is 11.8 Å². The molecule has 2 rings (SSSR count). The highest BCUT2D eigenvalue weighted by Gasteiger charge is 2.18. The third-order valence-corrected chi connectivity index (χ3v) is 6.81. The SMILES string of the molecule is CN(C)S(=O)(=O)c1cccc(C(=O)NCCSCc2ccccc2Cl)c1. The average Bonchev–Trinajstić information content (AvgIpc) is 2.62. The lowest BCUT2D eigenvalue weighted by Crippen LogP contribution is -2.26. The second-order valence-corrected chi connectivity index (χ2v) is 9.38.